The molecule has 15 nitrogen and oxygen atoms in total. The fraction of sp³-hybridized carbons (Fsp3) is 0.342. The molecule has 0 amide bonds. The molecular weight excluding hydrogens is 879 g/mol. The molecule has 0 fully saturated rings. The minimum Gasteiger partial charge on any atom is -0.480 e. The molecule has 22 heteroatoms. The summed E-state index contributed by atoms with van der Waals surface area (Å²) in [5.41, 5.74) is 4.19. The predicted molar refractivity (Wildman–Crippen MR) is 222 cm³/mol. The van der Waals surface area contributed by atoms with Gasteiger partial charge < -0.3 is 30.3 Å². The number of rotatable bonds is 17. The van der Waals surface area contributed by atoms with Crippen molar-refractivity contribution in [3.63, 3.8) is 0 Å². The minimum absolute atomic E-state index is 0.0412. The Hall–Kier alpha value is -4.78. The SMILES string of the molecule is CCCCCCCCSC(=O)Oc1cc(Cl)nnc1-c1ccccc1.CP(=O)(O)CCC(N)C(=O)O.O=C(O)c1cc(Oc2ccc(C(F)(F)F)cc2Cl)ccc1[N+](=O)[O-]. The van der Waals surface area contributed by atoms with Crippen molar-refractivity contribution in [1.82, 2.24) is 10.2 Å². The number of aromatic nitrogens is 2. The second-order valence-electron chi connectivity index (χ2n) is 12.7. The van der Waals surface area contributed by atoms with Gasteiger partial charge in [-0.15, -0.1) is 10.2 Å². The largest absolute Gasteiger partial charge is 0.480 e. The van der Waals surface area contributed by atoms with E-state index in [1.807, 2.05) is 30.3 Å². The average molecular weight is 922 g/mol. The molecule has 60 heavy (non-hydrogen) atoms. The lowest BCUT2D eigenvalue weighted by Gasteiger charge is -2.11. The number of ether oxygens (including phenoxy) is 2. The van der Waals surface area contributed by atoms with Crippen molar-refractivity contribution in [2.75, 3.05) is 18.6 Å². The van der Waals surface area contributed by atoms with Gasteiger partial charge in [0.25, 0.3) is 5.69 Å². The summed E-state index contributed by atoms with van der Waals surface area (Å²) in [6.45, 7) is 3.39. The smallest absolute Gasteiger partial charge is 0.416 e. The molecule has 0 bridgehead atoms. The highest BCUT2D eigenvalue weighted by molar-refractivity contribution is 8.13. The van der Waals surface area contributed by atoms with Crippen LogP contribution in [0.3, 0.4) is 0 Å². The molecule has 0 aliphatic carbocycles. The zero-order valence-corrected chi connectivity index (χ0v) is 35.4. The second kappa shape index (κ2) is 25.1. The number of nitrogens with two attached hydrogens (primary N) is 1. The van der Waals surface area contributed by atoms with Crippen molar-refractivity contribution in [1.29, 1.82) is 0 Å². The number of aromatic carboxylic acids is 1. The molecule has 0 spiro atoms. The highest BCUT2D eigenvalue weighted by Crippen LogP contribution is 2.38. The molecule has 0 saturated carbocycles. The number of hydrogen-bond acceptors (Lipinski definition) is 12. The molecule has 326 valence electrons. The maximum Gasteiger partial charge on any atom is 0.416 e. The summed E-state index contributed by atoms with van der Waals surface area (Å²) in [7, 11) is -3.10. The number of halogens is 5. The van der Waals surface area contributed by atoms with Crippen LogP contribution in [-0.2, 0) is 15.5 Å². The number of carboxylic acid groups (broad SMARTS) is 2. The number of nitro groups is 1. The Morgan fingerprint density at radius 2 is 1.60 bits per heavy atom. The average Bonchev–Trinajstić information content (AvgIpc) is 3.17. The normalized spacial score (nSPS) is 12.3. The second-order valence-corrected chi connectivity index (χ2v) is 17.1. The van der Waals surface area contributed by atoms with Crippen LogP contribution in [-0.4, -0.2) is 72.1 Å². The van der Waals surface area contributed by atoms with Gasteiger partial charge >= 0.3 is 23.4 Å². The Kier molecular flexibility index (Phi) is 21.5. The Labute approximate surface area is 357 Å². The van der Waals surface area contributed by atoms with Crippen molar-refractivity contribution >= 4 is 65.3 Å². The zero-order chi connectivity index (χ0) is 45.0. The first-order chi connectivity index (χ1) is 28.1. The fourth-order valence-corrected chi connectivity index (χ4v) is 6.46. The summed E-state index contributed by atoms with van der Waals surface area (Å²) in [5.74, 6) is -1.87. The zero-order valence-electron chi connectivity index (χ0n) is 32.1. The van der Waals surface area contributed by atoms with Gasteiger partial charge in [-0.3, -0.25) is 19.5 Å². The summed E-state index contributed by atoms with van der Waals surface area (Å²) in [4.78, 5) is 51.9. The van der Waals surface area contributed by atoms with E-state index >= 15 is 0 Å². The van der Waals surface area contributed by atoms with E-state index in [0.29, 0.717) is 17.5 Å². The fourth-order valence-electron chi connectivity index (χ4n) is 4.68. The Bertz CT molecular complexity index is 2120. The van der Waals surface area contributed by atoms with Crippen LogP contribution in [0, 0.1) is 10.1 Å². The number of alkyl halides is 3. The van der Waals surface area contributed by atoms with Crippen molar-refractivity contribution in [3.8, 4) is 28.5 Å². The van der Waals surface area contributed by atoms with E-state index in [9.17, 15) is 42.2 Å². The standard InChI is InChI=1S/C19H23ClN2O2S.C14H7ClF3NO5.C5H12NO4P/c1-2-3-4-5-6-10-13-25-19(23)24-16-14-17(20)21-22-18(16)15-11-8-7-9-12-15;15-10-5-7(14(16,17)18)1-4-12(10)24-8-2-3-11(19(22)23)9(6-8)13(20)21;1-11(9,10)3-2-4(6)5(7)8/h7-9,11-12,14H,2-6,10,13H2,1H3;1-6H,(H,20,21);4H,2-3,6H2,1H3,(H,7,8)(H,9,10). The Morgan fingerprint density at radius 3 is 2.17 bits per heavy atom. The van der Waals surface area contributed by atoms with Crippen LogP contribution >= 0.6 is 42.3 Å². The molecule has 1 aromatic heterocycles. The first kappa shape index (κ1) is 51.4. The van der Waals surface area contributed by atoms with Gasteiger partial charge in [-0.25, -0.2) is 9.59 Å². The highest BCUT2D eigenvalue weighted by Gasteiger charge is 2.31. The van der Waals surface area contributed by atoms with Crippen LogP contribution in [0.5, 0.6) is 17.2 Å². The quantitative estimate of drug-likeness (QED) is 0.0253. The van der Waals surface area contributed by atoms with E-state index in [0.717, 1.165) is 54.5 Å². The van der Waals surface area contributed by atoms with E-state index in [1.165, 1.54) is 50.2 Å². The van der Waals surface area contributed by atoms with Crippen molar-refractivity contribution < 1.29 is 61.6 Å². The third kappa shape index (κ3) is 19.1. The molecule has 4 rings (SSSR count). The van der Waals surface area contributed by atoms with E-state index in [2.05, 4.69) is 17.1 Å². The summed E-state index contributed by atoms with van der Waals surface area (Å²) in [6, 6.07) is 15.2. The number of benzene rings is 3. The van der Waals surface area contributed by atoms with E-state index in [4.69, 9.17) is 53.5 Å². The van der Waals surface area contributed by atoms with Gasteiger partial charge in [-0.1, -0.05) is 92.6 Å². The van der Waals surface area contributed by atoms with Gasteiger partial charge in [0.1, 0.15) is 28.8 Å². The van der Waals surface area contributed by atoms with Crippen molar-refractivity contribution in [3.05, 3.63) is 104 Å². The Balaban J connectivity index is 0.000000334. The van der Waals surface area contributed by atoms with Crippen LogP contribution in [0.2, 0.25) is 10.2 Å². The molecule has 3 aromatic carbocycles. The molecule has 0 aliphatic heterocycles. The summed E-state index contributed by atoms with van der Waals surface area (Å²) in [6.07, 6.45) is 2.62. The number of unbranched alkanes of at least 4 members (excludes halogenated alkanes) is 5. The number of carbonyl (C=O) groups is 3. The number of thioether (sulfide) groups is 1. The number of carboxylic acids is 2. The van der Waals surface area contributed by atoms with Gasteiger partial charge in [-0.05, 0) is 48.9 Å². The van der Waals surface area contributed by atoms with Crippen LogP contribution in [0.25, 0.3) is 11.3 Å². The lowest BCUT2D eigenvalue weighted by Crippen LogP contribution is -2.30. The molecule has 0 saturated heterocycles. The maximum atomic E-state index is 12.6. The molecule has 2 atom stereocenters. The van der Waals surface area contributed by atoms with E-state index in [1.54, 1.807) is 0 Å². The van der Waals surface area contributed by atoms with E-state index in [-0.39, 0.29) is 39.6 Å². The molecule has 4 aromatic rings. The van der Waals surface area contributed by atoms with Gasteiger partial charge in [-0.2, -0.15) is 13.2 Å². The number of aliphatic carboxylic acids is 1. The maximum absolute atomic E-state index is 12.6. The Morgan fingerprint density at radius 1 is 0.950 bits per heavy atom. The van der Waals surface area contributed by atoms with Gasteiger partial charge in [0.05, 0.1) is 15.5 Å². The molecule has 2 unspecified atom stereocenters. The van der Waals surface area contributed by atoms with Crippen molar-refractivity contribution in [2.24, 2.45) is 5.73 Å². The lowest BCUT2D eigenvalue weighted by atomic mass is 10.1. The summed E-state index contributed by atoms with van der Waals surface area (Å²) in [5, 5.41) is 35.4. The third-order valence-corrected chi connectivity index (χ3v) is 10.1. The monoisotopic (exact) mass is 920 g/mol. The molecule has 1 heterocycles. The number of hydrogen-bond donors (Lipinski definition) is 4. The van der Waals surface area contributed by atoms with Crippen LogP contribution in [0.1, 0.15) is 67.8 Å². The minimum atomic E-state index is -4.58. The van der Waals surface area contributed by atoms with Gasteiger partial charge in [0, 0.05) is 42.3 Å². The van der Waals surface area contributed by atoms with Crippen LogP contribution < -0.4 is 15.2 Å². The number of carbonyl (C=O) groups excluding carboxylic acids is 1. The summed E-state index contributed by atoms with van der Waals surface area (Å²) < 4.78 is 59.0. The molecular formula is C38H42Cl2F3N4O11PS. The highest BCUT2D eigenvalue weighted by atomic mass is 35.5. The summed E-state index contributed by atoms with van der Waals surface area (Å²) >= 11 is 12.8. The first-order valence-electron chi connectivity index (χ1n) is 17.9. The van der Waals surface area contributed by atoms with Crippen molar-refractivity contribution in [2.45, 2.75) is 64.1 Å². The van der Waals surface area contributed by atoms with Crippen LogP contribution in [0.15, 0.2) is 72.8 Å². The molecule has 0 radical (unpaired) electrons. The van der Waals surface area contributed by atoms with Crippen LogP contribution in [0.4, 0.5) is 23.7 Å². The van der Waals surface area contributed by atoms with E-state index < -0.39 is 53.3 Å². The topological polar surface area (TPSA) is 242 Å². The number of nitro benzene ring substituents is 1. The lowest BCUT2D eigenvalue weighted by molar-refractivity contribution is -0.385. The first-order valence-corrected chi connectivity index (χ1v) is 21.9. The molecule has 5 N–H and O–H groups in total. The van der Waals surface area contributed by atoms with Gasteiger partial charge in [0.15, 0.2) is 18.3 Å². The van der Waals surface area contributed by atoms with Gasteiger partial charge in [0.2, 0.25) is 0 Å². The molecule has 0 aliphatic rings. The predicted octanol–water partition coefficient (Wildman–Crippen LogP) is 10.8. The number of nitrogens with zero attached hydrogens (tertiary/aromatic N) is 3. The third-order valence-electron chi connectivity index (χ3n) is 7.74.